The van der Waals surface area contributed by atoms with Crippen LogP contribution in [0.25, 0.3) is 0 Å². The molecule has 2 nitrogen and oxygen atoms in total. The average Bonchev–Trinajstić information content (AvgIpc) is 2.71. The average molecular weight is 338 g/mol. The van der Waals surface area contributed by atoms with Gasteiger partial charge in [-0.1, -0.05) is 66.6 Å². The van der Waals surface area contributed by atoms with E-state index in [1.165, 1.54) is 0 Å². The van der Waals surface area contributed by atoms with Crippen molar-refractivity contribution in [2.45, 2.75) is 11.8 Å². The van der Waals surface area contributed by atoms with Gasteiger partial charge in [0, 0.05) is 17.0 Å². The standard InChI is InChI=1S/C24H18O2/c1-3-18(16-12-14-17(26-2)15-13-16)23-19-8-4-6-10-21(19)24(25)22-11-7-5-9-20(22)23/h1,4-15,18,23H,2H3/t18-/m1/s1. The van der Waals surface area contributed by atoms with Crippen molar-refractivity contribution in [2.24, 2.45) is 0 Å². The molecule has 0 aliphatic heterocycles. The van der Waals surface area contributed by atoms with Gasteiger partial charge in [0.2, 0.25) is 0 Å². The van der Waals surface area contributed by atoms with Gasteiger partial charge in [-0.05, 0) is 28.8 Å². The Morgan fingerprint density at radius 3 is 1.92 bits per heavy atom. The molecule has 0 heterocycles. The van der Waals surface area contributed by atoms with Crippen LogP contribution in [0.4, 0.5) is 0 Å². The second-order valence-corrected chi connectivity index (χ2v) is 6.40. The number of carbonyl (C=O) groups is 1. The van der Waals surface area contributed by atoms with Crippen LogP contribution in [0.2, 0.25) is 0 Å². The Labute approximate surface area is 153 Å². The van der Waals surface area contributed by atoms with Crippen molar-refractivity contribution in [3.05, 3.63) is 101 Å². The van der Waals surface area contributed by atoms with E-state index in [2.05, 4.69) is 5.92 Å². The number of rotatable bonds is 3. The van der Waals surface area contributed by atoms with Gasteiger partial charge in [0.15, 0.2) is 5.78 Å². The molecule has 2 heteroatoms. The third kappa shape index (κ3) is 2.50. The van der Waals surface area contributed by atoms with Crippen LogP contribution in [0.15, 0.2) is 72.8 Å². The summed E-state index contributed by atoms with van der Waals surface area (Å²) in [5.74, 6) is 3.61. The zero-order valence-corrected chi connectivity index (χ0v) is 14.5. The monoisotopic (exact) mass is 338 g/mol. The summed E-state index contributed by atoms with van der Waals surface area (Å²) in [5.41, 5.74) is 4.51. The van der Waals surface area contributed by atoms with Crippen molar-refractivity contribution in [3.63, 3.8) is 0 Å². The predicted octanol–water partition coefficient (Wildman–Crippen LogP) is 4.79. The normalized spacial score (nSPS) is 14.1. The number of methoxy groups -OCH3 is 1. The Morgan fingerprint density at radius 1 is 0.885 bits per heavy atom. The molecule has 3 aromatic carbocycles. The van der Waals surface area contributed by atoms with Crippen LogP contribution >= 0.6 is 0 Å². The highest BCUT2D eigenvalue weighted by atomic mass is 16.5. The molecule has 0 aromatic heterocycles. The molecular formula is C24H18O2. The van der Waals surface area contributed by atoms with Crippen LogP contribution in [-0.2, 0) is 0 Å². The van der Waals surface area contributed by atoms with Crippen LogP contribution in [-0.4, -0.2) is 12.9 Å². The van der Waals surface area contributed by atoms with Crippen molar-refractivity contribution >= 4 is 5.78 Å². The fourth-order valence-corrected chi connectivity index (χ4v) is 3.82. The van der Waals surface area contributed by atoms with E-state index in [4.69, 9.17) is 11.2 Å². The Bertz CT molecular complexity index is 959. The summed E-state index contributed by atoms with van der Waals surface area (Å²) in [5, 5.41) is 0. The van der Waals surface area contributed by atoms with E-state index in [0.717, 1.165) is 33.6 Å². The van der Waals surface area contributed by atoms with Gasteiger partial charge in [0.05, 0.1) is 13.0 Å². The minimum atomic E-state index is -0.170. The number of benzene rings is 3. The lowest BCUT2D eigenvalue weighted by Crippen LogP contribution is -2.23. The molecule has 0 saturated heterocycles. The molecule has 126 valence electrons. The van der Waals surface area contributed by atoms with E-state index < -0.39 is 0 Å². The molecular weight excluding hydrogens is 320 g/mol. The Hall–Kier alpha value is -3.31. The number of ether oxygens (including phenoxy) is 1. The Kier molecular flexibility index (Phi) is 4.07. The second kappa shape index (κ2) is 6.54. The molecule has 0 saturated carbocycles. The number of carbonyl (C=O) groups excluding carboxylic acids is 1. The van der Waals surface area contributed by atoms with Gasteiger partial charge in [-0.3, -0.25) is 4.79 Å². The maximum atomic E-state index is 12.9. The largest absolute Gasteiger partial charge is 0.497 e. The molecule has 1 aliphatic carbocycles. The molecule has 0 radical (unpaired) electrons. The highest BCUT2D eigenvalue weighted by Gasteiger charge is 2.35. The summed E-state index contributed by atoms with van der Waals surface area (Å²) in [6.45, 7) is 0. The number of ketones is 1. The number of fused-ring (bicyclic) bond motifs is 2. The fourth-order valence-electron chi connectivity index (χ4n) is 3.82. The maximum absolute atomic E-state index is 12.9. The Morgan fingerprint density at radius 2 is 1.42 bits per heavy atom. The van der Waals surface area contributed by atoms with Gasteiger partial charge in [0.1, 0.15) is 5.75 Å². The molecule has 0 unspecified atom stereocenters. The highest BCUT2D eigenvalue weighted by Crippen LogP contribution is 2.44. The van der Waals surface area contributed by atoms with Gasteiger partial charge in [-0.25, -0.2) is 0 Å². The summed E-state index contributed by atoms with van der Waals surface area (Å²) in [7, 11) is 1.65. The first-order chi connectivity index (χ1) is 12.7. The van der Waals surface area contributed by atoms with Gasteiger partial charge < -0.3 is 4.74 Å². The van der Waals surface area contributed by atoms with Gasteiger partial charge in [0.25, 0.3) is 0 Å². The van der Waals surface area contributed by atoms with Crippen molar-refractivity contribution in [2.75, 3.05) is 7.11 Å². The SMILES string of the molecule is C#C[C@H](c1ccc(OC)cc1)C1c2ccccc2C(=O)c2ccccc21. The lowest BCUT2D eigenvalue weighted by molar-refractivity contribution is 0.103. The smallest absolute Gasteiger partial charge is 0.193 e. The Balaban J connectivity index is 1.91. The molecule has 1 atom stereocenters. The van der Waals surface area contributed by atoms with Gasteiger partial charge >= 0.3 is 0 Å². The van der Waals surface area contributed by atoms with E-state index in [1.54, 1.807) is 7.11 Å². The van der Waals surface area contributed by atoms with Crippen molar-refractivity contribution < 1.29 is 9.53 Å². The quantitative estimate of drug-likeness (QED) is 0.642. The molecule has 0 fully saturated rings. The predicted molar refractivity (Wildman–Crippen MR) is 103 cm³/mol. The summed E-state index contributed by atoms with van der Waals surface area (Å²) in [4.78, 5) is 12.9. The number of hydrogen-bond acceptors (Lipinski definition) is 2. The van der Waals surface area contributed by atoms with E-state index in [-0.39, 0.29) is 17.6 Å². The molecule has 0 N–H and O–H groups in total. The van der Waals surface area contributed by atoms with E-state index in [0.29, 0.717) is 0 Å². The zero-order valence-electron chi connectivity index (χ0n) is 14.5. The summed E-state index contributed by atoms with van der Waals surface area (Å²) >= 11 is 0. The lowest BCUT2D eigenvalue weighted by Gasteiger charge is -2.31. The highest BCUT2D eigenvalue weighted by molar-refractivity contribution is 6.12. The topological polar surface area (TPSA) is 26.3 Å². The van der Waals surface area contributed by atoms with Crippen molar-refractivity contribution in [1.82, 2.24) is 0 Å². The van der Waals surface area contributed by atoms with Crippen LogP contribution in [0, 0.1) is 12.3 Å². The van der Waals surface area contributed by atoms with Gasteiger partial charge in [-0.15, -0.1) is 6.42 Å². The van der Waals surface area contributed by atoms with Crippen LogP contribution in [0.3, 0.4) is 0 Å². The first kappa shape index (κ1) is 16.2. The summed E-state index contributed by atoms with van der Waals surface area (Å²) in [6.07, 6.45) is 5.99. The fraction of sp³-hybridized carbons (Fsp3) is 0.125. The van der Waals surface area contributed by atoms with Crippen LogP contribution in [0.5, 0.6) is 5.75 Å². The lowest BCUT2D eigenvalue weighted by atomic mass is 9.70. The van der Waals surface area contributed by atoms with Crippen LogP contribution in [0.1, 0.15) is 44.4 Å². The number of terminal acetylenes is 1. The molecule has 1 aliphatic rings. The first-order valence-corrected chi connectivity index (χ1v) is 8.57. The van der Waals surface area contributed by atoms with E-state index in [9.17, 15) is 4.79 Å². The molecule has 26 heavy (non-hydrogen) atoms. The van der Waals surface area contributed by atoms with E-state index in [1.807, 2.05) is 72.8 Å². The summed E-state index contributed by atoms with van der Waals surface area (Å²) in [6, 6.07) is 23.4. The molecule has 0 spiro atoms. The minimum Gasteiger partial charge on any atom is -0.497 e. The minimum absolute atomic E-state index is 0.0569. The molecule has 3 aromatic rings. The number of hydrogen-bond donors (Lipinski definition) is 0. The maximum Gasteiger partial charge on any atom is 0.193 e. The third-order valence-corrected chi connectivity index (χ3v) is 5.07. The third-order valence-electron chi connectivity index (χ3n) is 5.07. The van der Waals surface area contributed by atoms with E-state index >= 15 is 0 Å². The van der Waals surface area contributed by atoms with Crippen molar-refractivity contribution in [1.29, 1.82) is 0 Å². The zero-order chi connectivity index (χ0) is 18.1. The second-order valence-electron chi connectivity index (χ2n) is 6.40. The van der Waals surface area contributed by atoms with Crippen molar-refractivity contribution in [3.8, 4) is 18.1 Å². The summed E-state index contributed by atoms with van der Waals surface area (Å²) < 4.78 is 5.26. The molecule has 0 amide bonds. The van der Waals surface area contributed by atoms with Crippen LogP contribution < -0.4 is 4.74 Å². The molecule has 4 rings (SSSR count). The van der Waals surface area contributed by atoms with Gasteiger partial charge in [-0.2, -0.15) is 0 Å². The molecule has 0 bridgehead atoms. The first-order valence-electron chi connectivity index (χ1n) is 8.57.